The molecule has 0 bridgehead atoms. The first kappa shape index (κ1) is 17.0. The lowest BCUT2D eigenvalue weighted by Gasteiger charge is -2.34. The number of hydrogen-bond donors (Lipinski definition) is 2. The summed E-state index contributed by atoms with van der Waals surface area (Å²) in [7, 11) is 0. The number of aryl methyl sites for hydroxylation is 1. The first-order chi connectivity index (χ1) is 11.3. The Labute approximate surface area is 143 Å². The Hall–Kier alpha value is -1.81. The summed E-state index contributed by atoms with van der Waals surface area (Å²) >= 11 is 0. The third kappa shape index (κ3) is 2.95. The Bertz CT molecular complexity index is 768. The quantitative estimate of drug-likeness (QED) is 0.896. The van der Waals surface area contributed by atoms with E-state index < -0.39 is 5.97 Å². The molecule has 4 heteroatoms. The van der Waals surface area contributed by atoms with E-state index in [2.05, 4.69) is 25.3 Å². The highest BCUT2D eigenvalue weighted by atomic mass is 16.4. The molecule has 1 aliphatic rings. The monoisotopic (exact) mass is 328 g/mol. The van der Waals surface area contributed by atoms with Gasteiger partial charge in [0.05, 0.1) is 5.56 Å². The molecule has 24 heavy (non-hydrogen) atoms. The van der Waals surface area contributed by atoms with E-state index in [0.717, 1.165) is 36.7 Å². The summed E-state index contributed by atoms with van der Waals surface area (Å²) in [5.74, 6) is -0.226. The van der Waals surface area contributed by atoms with E-state index >= 15 is 0 Å². The van der Waals surface area contributed by atoms with Crippen molar-refractivity contribution in [3.8, 4) is 0 Å². The number of fused-ring (bicyclic) bond motifs is 3. The van der Waals surface area contributed by atoms with E-state index in [1.165, 1.54) is 17.7 Å². The maximum absolute atomic E-state index is 11.4. The van der Waals surface area contributed by atoms with Gasteiger partial charge in [-0.15, -0.1) is 0 Å². The van der Waals surface area contributed by atoms with Crippen LogP contribution in [0.4, 0.5) is 0 Å². The predicted molar refractivity (Wildman–Crippen MR) is 97.5 cm³/mol. The standard InChI is InChI=1S/C20H28N2O2/c1-20(2,3)14-6-8-18-16(12-14)15-11-13(19(23)24)5-7-17(15)22(18)10-4-9-21/h5,7,11,14H,4,6,8-10,12,21H2,1-3H3,(H,23,24). The molecule has 2 aromatic rings. The molecule has 1 heterocycles. The van der Waals surface area contributed by atoms with Crippen molar-refractivity contribution in [2.24, 2.45) is 17.1 Å². The predicted octanol–water partition coefficient (Wildman–Crippen LogP) is 3.84. The molecule has 3 rings (SSSR count). The highest BCUT2D eigenvalue weighted by Gasteiger charge is 2.32. The van der Waals surface area contributed by atoms with Crippen molar-refractivity contribution in [2.45, 2.75) is 53.0 Å². The summed E-state index contributed by atoms with van der Waals surface area (Å²) in [6.45, 7) is 8.50. The minimum atomic E-state index is -0.858. The molecule has 1 aromatic heterocycles. The summed E-state index contributed by atoms with van der Waals surface area (Å²) in [5, 5.41) is 10.5. The van der Waals surface area contributed by atoms with Crippen LogP contribution >= 0.6 is 0 Å². The minimum absolute atomic E-state index is 0.272. The lowest BCUT2D eigenvalue weighted by Crippen LogP contribution is -2.27. The number of rotatable bonds is 4. The molecular weight excluding hydrogens is 300 g/mol. The van der Waals surface area contributed by atoms with Crippen LogP contribution in [0, 0.1) is 11.3 Å². The minimum Gasteiger partial charge on any atom is -0.478 e. The Morgan fingerprint density at radius 2 is 2.12 bits per heavy atom. The molecule has 0 spiro atoms. The fraction of sp³-hybridized carbons (Fsp3) is 0.550. The van der Waals surface area contributed by atoms with E-state index in [0.29, 0.717) is 18.0 Å². The molecule has 1 aliphatic carbocycles. The van der Waals surface area contributed by atoms with Crippen LogP contribution in [0.1, 0.15) is 55.2 Å². The zero-order valence-electron chi connectivity index (χ0n) is 14.9. The lowest BCUT2D eigenvalue weighted by molar-refractivity contribution is 0.0697. The van der Waals surface area contributed by atoms with Crippen molar-refractivity contribution in [2.75, 3.05) is 6.54 Å². The van der Waals surface area contributed by atoms with Crippen LogP contribution in [0.15, 0.2) is 18.2 Å². The molecule has 0 saturated heterocycles. The summed E-state index contributed by atoms with van der Waals surface area (Å²) in [6.07, 6.45) is 4.24. The molecular formula is C20H28N2O2. The van der Waals surface area contributed by atoms with Gasteiger partial charge in [0.25, 0.3) is 0 Å². The second-order valence-electron chi connectivity index (χ2n) is 8.06. The van der Waals surface area contributed by atoms with Crippen molar-refractivity contribution < 1.29 is 9.90 Å². The number of benzene rings is 1. The van der Waals surface area contributed by atoms with Crippen molar-refractivity contribution >= 4 is 16.9 Å². The van der Waals surface area contributed by atoms with E-state index in [1.54, 1.807) is 6.07 Å². The Kier molecular flexibility index (Phi) is 4.43. The van der Waals surface area contributed by atoms with E-state index in [9.17, 15) is 9.90 Å². The van der Waals surface area contributed by atoms with Gasteiger partial charge in [-0.2, -0.15) is 0 Å². The molecule has 1 atom stereocenters. The van der Waals surface area contributed by atoms with Gasteiger partial charge in [0, 0.05) is 23.1 Å². The van der Waals surface area contributed by atoms with Crippen LogP contribution in [0.5, 0.6) is 0 Å². The molecule has 0 radical (unpaired) electrons. The Morgan fingerprint density at radius 1 is 1.38 bits per heavy atom. The SMILES string of the molecule is CC(C)(C)C1CCc2c(c3cc(C(=O)O)ccc3n2CCCN)C1. The first-order valence-corrected chi connectivity index (χ1v) is 8.90. The fourth-order valence-corrected chi connectivity index (χ4v) is 4.03. The Morgan fingerprint density at radius 3 is 2.75 bits per heavy atom. The number of nitrogens with two attached hydrogens (primary N) is 1. The number of hydrogen-bond acceptors (Lipinski definition) is 2. The molecule has 0 fully saturated rings. The van der Waals surface area contributed by atoms with Gasteiger partial charge < -0.3 is 15.4 Å². The second-order valence-corrected chi connectivity index (χ2v) is 8.06. The van der Waals surface area contributed by atoms with Crippen LogP contribution in [0.3, 0.4) is 0 Å². The van der Waals surface area contributed by atoms with E-state index in [-0.39, 0.29) is 5.41 Å². The zero-order valence-corrected chi connectivity index (χ0v) is 14.9. The van der Waals surface area contributed by atoms with Gasteiger partial charge in [-0.1, -0.05) is 20.8 Å². The van der Waals surface area contributed by atoms with Crippen LogP contribution in [-0.4, -0.2) is 22.2 Å². The summed E-state index contributed by atoms with van der Waals surface area (Å²) < 4.78 is 2.38. The molecule has 1 aromatic carbocycles. The summed E-state index contributed by atoms with van der Waals surface area (Å²) in [6, 6.07) is 5.55. The van der Waals surface area contributed by atoms with Gasteiger partial charge in [0.15, 0.2) is 0 Å². The highest BCUT2D eigenvalue weighted by molar-refractivity contribution is 5.95. The normalized spacial score (nSPS) is 17.9. The molecule has 3 N–H and O–H groups in total. The Balaban J connectivity index is 2.14. The number of nitrogens with zero attached hydrogens (tertiary/aromatic N) is 1. The van der Waals surface area contributed by atoms with Crippen LogP contribution in [0.2, 0.25) is 0 Å². The largest absolute Gasteiger partial charge is 0.478 e. The van der Waals surface area contributed by atoms with Gasteiger partial charge in [0.2, 0.25) is 0 Å². The molecule has 0 aliphatic heterocycles. The third-order valence-electron chi connectivity index (χ3n) is 5.52. The molecule has 130 valence electrons. The summed E-state index contributed by atoms with van der Waals surface area (Å²) in [4.78, 5) is 11.4. The molecule has 0 amide bonds. The van der Waals surface area contributed by atoms with Crippen molar-refractivity contribution in [1.82, 2.24) is 4.57 Å². The fourth-order valence-electron chi connectivity index (χ4n) is 4.03. The number of carboxylic acid groups (broad SMARTS) is 1. The smallest absolute Gasteiger partial charge is 0.335 e. The maximum Gasteiger partial charge on any atom is 0.335 e. The third-order valence-corrected chi connectivity index (χ3v) is 5.52. The lowest BCUT2D eigenvalue weighted by atomic mass is 9.71. The van der Waals surface area contributed by atoms with Crippen molar-refractivity contribution in [3.63, 3.8) is 0 Å². The number of carbonyl (C=O) groups is 1. The van der Waals surface area contributed by atoms with Gasteiger partial charge in [0.1, 0.15) is 0 Å². The van der Waals surface area contributed by atoms with Gasteiger partial charge in [-0.05, 0) is 67.3 Å². The number of aromatic nitrogens is 1. The van der Waals surface area contributed by atoms with E-state index in [1.807, 2.05) is 12.1 Å². The van der Waals surface area contributed by atoms with Gasteiger partial charge in [-0.3, -0.25) is 0 Å². The zero-order chi connectivity index (χ0) is 17.5. The van der Waals surface area contributed by atoms with E-state index in [4.69, 9.17) is 5.73 Å². The van der Waals surface area contributed by atoms with Crippen molar-refractivity contribution in [3.05, 3.63) is 35.0 Å². The second kappa shape index (κ2) is 6.25. The van der Waals surface area contributed by atoms with Crippen LogP contribution in [0.25, 0.3) is 10.9 Å². The summed E-state index contributed by atoms with van der Waals surface area (Å²) in [5.41, 5.74) is 10.3. The first-order valence-electron chi connectivity index (χ1n) is 8.90. The van der Waals surface area contributed by atoms with Crippen LogP contribution in [-0.2, 0) is 19.4 Å². The molecule has 0 saturated carbocycles. The highest BCUT2D eigenvalue weighted by Crippen LogP contribution is 2.41. The van der Waals surface area contributed by atoms with Gasteiger partial charge in [-0.25, -0.2) is 4.79 Å². The topological polar surface area (TPSA) is 68.2 Å². The average molecular weight is 328 g/mol. The van der Waals surface area contributed by atoms with Gasteiger partial charge >= 0.3 is 5.97 Å². The maximum atomic E-state index is 11.4. The number of carboxylic acids is 1. The molecule has 4 nitrogen and oxygen atoms in total. The molecule has 1 unspecified atom stereocenters. The van der Waals surface area contributed by atoms with Crippen molar-refractivity contribution in [1.29, 1.82) is 0 Å². The number of aromatic carboxylic acids is 1. The average Bonchev–Trinajstić information content (AvgIpc) is 2.84. The van der Waals surface area contributed by atoms with Crippen LogP contribution < -0.4 is 5.73 Å².